The summed E-state index contributed by atoms with van der Waals surface area (Å²) in [6, 6.07) is 18.1. The third kappa shape index (κ3) is 7.20. The molecule has 0 aliphatic heterocycles. The Labute approximate surface area is 158 Å². The van der Waals surface area contributed by atoms with Crippen LogP contribution >= 0.6 is 0 Å². The number of carbonyl (C=O) groups is 2. The van der Waals surface area contributed by atoms with Crippen LogP contribution in [-0.4, -0.2) is 24.7 Å². The highest BCUT2D eigenvalue weighted by Crippen LogP contribution is 2.08. The van der Waals surface area contributed by atoms with E-state index in [9.17, 15) is 9.59 Å². The molecule has 0 aliphatic rings. The van der Waals surface area contributed by atoms with E-state index in [1.165, 1.54) is 0 Å². The van der Waals surface area contributed by atoms with Crippen LogP contribution in [0.1, 0.15) is 23.1 Å². The van der Waals surface area contributed by atoms with Crippen LogP contribution in [0.4, 0.5) is 4.79 Å². The summed E-state index contributed by atoms with van der Waals surface area (Å²) >= 11 is 0. The molecule has 1 atom stereocenters. The monoisotopic (exact) mass is 366 g/mol. The number of nitriles is 1. The fourth-order valence-corrected chi connectivity index (χ4v) is 2.43. The van der Waals surface area contributed by atoms with E-state index in [2.05, 4.69) is 5.32 Å². The van der Waals surface area contributed by atoms with Gasteiger partial charge in [0.1, 0.15) is 18.7 Å². The van der Waals surface area contributed by atoms with Gasteiger partial charge in [0.15, 0.2) is 6.61 Å². The minimum Gasteiger partial charge on any atom is -0.449 e. The van der Waals surface area contributed by atoms with Crippen LogP contribution in [0.25, 0.3) is 0 Å². The lowest BCUT2D eigenvalue weighted by Gasteiger charge is -2.17. The van der Waals surface area contributed by atoms with Crippen molar-refractivity contribution in [2.24, 2.45) is 0 Å². The van der Waals surface area contributed by atoms with Crippen LogP contribution in [0.5, 0.6) is 0 Å². The fourth-order valence-electron chi connectivity index (χ4n) is 2.43. The molecular weight excluding hydrogens is 344 g/mol. The van der Waals surface area contributed by atoms with Gasteiger partial charge in [-0.1, -0.05) is 60.2 Å². The lowest BCUT2D eigenvalue weighted by atomic mass is 10.1. The summed E-state index contributed by atoms with van der Waals surface area (Å²) in [6.45, 7) is 1.72. The summed E-state index contributed by atoms with van der Waals surface area (Å²) in [5.41, 5.74) is 3.00. The maximum Gasteiger partial charge on any atom is 0.408 e. The first-order chi connectivity index (χ1) is 13.1. The average molecular weight is 366 g/mol. The number of rotatable bonds is 8. The molecule has 2 aromatic rings. The molecule has 140 valence electrons. The van der Waals surface area contributed by atoms with Gasteiger partial charge in [-0.15, -0.1) is 0 Å². The first kappa shape index (κ1) is 20.0. The molecule has 0 fully saturated rings. The summed E-state index contributed by atoms with van der Waals surface area (Å²) in [6.07, 6.45) is 0.210. The van der Waals surface area contributed by atoms with E-state index in [-0.39, 0.29) is 13.2 Å². The molecule has 0 bridgehead atoms. The van der Waals surface area contributed by atoms with Crippen molar-refractivity contribution in [2.75, 3.05) is 6.61 Å². The Morgan fingerprint density at radius 2 is 1.74 bits per heavy atom. The molecule has 1 N–H and O–H groups in total. The number of nitrogens with zero attached hydrogens (tertiary/aromatic N) is 1. The molecule has 0 saturated heterocycles. The van der Waals surface area contributed by atoms with Gasteiger partial charge < -0.3 is 14.8 Å². The molecule has 1 amide bonds. The third-order valence-corrected chi connectivity index (χ3v) is 3.91. The third-order valence-electron chi connectivity index (χ3n) is 3.91. The minimum absolute atomic E-state index is 0.102. The van der Waals surface area contributed by atoms with Gasteiger partial charge in [0, 0.05) is 0 Å². The quantitative estimate of drug-likeness (QED) is 0.724. The zero-order chi connectivity index (χ0) is 19.5. The van der Waals surface area contributed by atoms with Crippen molar-refractivity contribution < 1.29 is 19.1 Å². The summed E-state index contributed by atoms with van der Waals surface area (Å²) in [5, 5.41) is 11.1. The van der Waals surface area contributed by atoms with Gasteiger partial charge in [0.05, 0.1) is 0 Å². The van der Waals surface area contributed by atoms with Crippen molar-refractivity contribution in [2.45, 2.75) is 32.4 Å². The molecule has 27 heavy (non-hydrogen) atoms. The number of hydrogen-bond donors (Lipinski definition) is 1. The van der Waals surface area contributed by atoms with Crippen LogP contribution in [0.15, 0.2) is 54.6 Å². The first-order valence-electron chi connectivity index (χ1n) is 8.65. The number of alkyl carbamates (subject to hydrolysis) is 1. The molecular formula is C21H22N2O4. The van der Waals surface area contributed by atoms with E-state index in [4.69, 9.17) is 14.7 Å². The Balaban J connectivity index is 1.90. The number of aryl methyl sites for hydroxylation is 2. The van der Waals surface area contributed by atoms with Gasteiger partial charge in [0.25, 0.3) is 0 Å². The number of esters is 1. The van der Waals surface area contributed by atoms with Crippen molar-refractivity contribution in [1.29, 1.82) is 5.26 Å². The number of ether oxygens (including phenoxy) is 2. The van der Waals surface area contributed by atoms with Crippen LogP contribution in [0, 0.1) is 18.3 Å². The molecule has 2 rings (SSSR count). The Kier molecular flexibility index (Phi) is 7.86. The Morgan fingerprint density at radius 3 is 2.41 bits per heavy atom. The average Bonchev–Trinajstić information content (AvgIpc) is 2.69. The Bertz CT molecular complexity index is 782. The van der Waals surface area contributed by atoms with Gasteiger partial charge in [-0.05, 0) is 30.9 Å². The molecule has 0 aromatic heterocycles. The highest BCUT2D eigenvalue weighted by Gasteiger charge is 2.23. The van der Waals surface area contributed by atoms with Gasteiger partial charge in [0.2, 0.25) is 0 Å². The van der Waals surface area contributed by atoms with Crippen LogP contribution in [0.3, 0.4) is 0 Å². The summed E-state index contributed by atoms with van der Waals surface area (Å²) < 4.78 is 10.0. The van der Waals surface area contributed by atoms with E-state index in [0.717, 1.165) is 16.7 Å². The summed E-state index contributed by atoms with van der Waals surface area (Å²) in [7, 11) is 0. The molecule has 0 unspecified atom stereocenters. The van der Waals surface area contributed by atoms with Crippen molar-refractivity contribution in [3.8, 4) is 6.07 Å². The van der Waals surface area contributed by atoms with Gasteiger partial charge in [-0.2, -0.15) is 5.26 Å². The summed E-state index contributed by atoms with van der Waals surface area (Å²) in [4.78, 5) is 24.2. The second kappa shape index (κ2) is 10.6. The molecule has 0 spiro atoms. The van der Waals surface area contributed by atoms with E-state index in [1.807, 2.05) is 61.5 Å². The predicted molar refractivity (Wildman–Crippen MR) is 99.6 cm³/mol. The predicted octanol–water partition coefficient (Wildman–Crippen LogP) is 3.29. The van der Waals surface area contributed by atoms with Gasteiger partial charge >= 0.3 is 12.1 Å². The van der Waals surface area contributed by atoms with Crippen molar-refractivity contribution >= 4 is 12.1 Å². The number of hydrogen-bond acceptors (Lipinski definition) is 5. The summed E-state index contributed by atoms with van der Waals surface area (Å²) in [5.74, 6) is -0.653. The first-order valence-corrected chi connectivity index (χ1v) is 8.65. The lowest BCUT2D eigenvalue weighted by Crippen LogP contribution is -2.42. The van der Waals surface area contributed by atoms with Crippen LogP contribution < -0.4 is 5.32 Å². The van der Waals surface area contributed by atoms with E-state index >= 15 is 0 Å². The van der Waals surface area contributed by atoms with E-state index in [1.54, 1.807) is 6.07 Å². The molecule has 0 saturated carbocycles. The van der Waals surface area contributed by atoms with Crippen molar-refractivity contribution in [1.82, 2.24) is 5.32 Å². The SMILES string of the molecule is Cc1ccc(COC(=O)N[C@@H](CCc2ccccc2)C(=O)OCC#N)cc1. The number of benzene rings is 2. The molecule has 0 aliphatic carbocycles. The zero-order valence-corrected chi connectivity index (χ0v) is 15.2. The normalized spacial score (nSPS) is 11.1. The van der Waals surface area contributed by atoms with Gasteiger partial charge in [-0.3, -0.25) is 0 Å². The van der Waals surface area contributed by atoms with Crippen LogP contribution in [0.2, 0.25) is 0 Å². The number of amides is 1. The maximum atomic E-state index is 12.1. The minimum atomic E-state index is -0.885. The smallest absolute Gasteiger partial charge is 0.408 e. The molecule has 0 heterocycles. The molecule has 2 aromatic carbocycles. The Hall–Kier alpha value is -3.33. The van der Waals surface area contributed by atoms with Crippen molar-refractivity contribution in [3.05, 3.63) is 71.3 Å². The number of carbonyl (C=O) groups excluding carboxylic acids is 2. The fraction of sp³-hybridized carbons (Fsp3) is 0.286. The maximum absolute atomic E-state index is 12.1. The topological polar surface area (TPSA) is 88.4 Å². The highest BCUT2D eigenvalue weighted by molar-refractivity contribution is 5.81. The van der Waals surface area contributed by atoms with Crippen LogP contribution in [-0.2, 0) is 27.3 Å². The molecule has 0 radical (unpaired) electrons. The highest BCUT2D eigenvalue weighted by atomic mass is 16.6. The second-order valence-corrected chi connectivity index (χ2v) is 6.05. The molecule has 6 heteroatoms. The lowest BCUT2D eigenvalue weighted by molar-refractivity contribution is -0.144. The van der Waals surface area contributed by atoms with E-state index < -0.39 is 18.1 Å². The standard InChI is InChI=1S/C21H22N2O4/c1-16-7-9-18(10-8-16)15-27-21(25)23-19(20(24)26-14-13-22)12-11-17-5-3-2-4-6-17/h2-10,19H,11-12,14-15H2,1H3,(H,23,25)/t19-/m0/s1. The largest absolute Gasteiger partial charge is 0.449 e. The zero-order valence-electron chi connectivity index (χ0n) is 15.2. The van der Waals surface area contributed by atoms with E-state index in [0.29, 0.717) is 12.8 Å². The number of nitrogens with one attached hydrogen (secondary N) is 1. The van der Waals surface area contributed by atoms with Crippen molar-refractivity contribution in [3.63, 3.8) is 0 Å². The second-order valence-electron chi connectivity index (χ2n) is 6.05. The van der Waals surface area contributed by atoms with Gasteiger partial charge in [-0.25, -0.2) is 9.59 Å². The molecule has 6 nitrogen and oxygen atoms in total. The Morgan fingerprint density at radius 1 is 1.04 bits per heavy atom.